The smallest absolute Gasteiger partial charge is 0.276 e. The third kappa shape index (κ3) is 2.30. The lowest BCUT2D eigenvalue weighted by Crippen LogP contribution is -2.21. The van der Waals surface area contributed by atoms with Gasteiger partial charge in [-0.15, -0.1) is 0 Å². The van der Waals surface area contributed by atoms with E-state index in [1.165, 1.54) is 6.07 Å². The van der Waals surface area contributed by atoms with Crippen molar-refractivity contribution in [2.75, 3.05) is 0 Å². The highest BCUT2D eigenvalue weighted by atomic mass is 32.1. The Morgan fingerprint density at radius 3 is 2.77 bits per heavy atom. The van der Waals surface area contributed by atoms with Crippen LogP contribution >= 0.6 is 12.9 Å². The van der Waals surface area contributed by atoms with E-state index in [0.29, 0.717) is 11.8 Å². The minimum absolute atomic E-state index is 0.256. The second-order valence-electron chi connectivity index (χ2n) is 2.23. The minimum Gasteiger partial charge on any atom is -0.298 e. The molecule has 0 spiro atoms. The summed E-state index contributed by atoms with van der Waals surface area (Å²) in [4.78, 5) is 21.7. The van der Waals surface area contributed by atoms with E-state index >= 15 is 0 Å². The zero-order valence-electron chi connectivity index (χ0n) is 6.56. The van der Waals surface area contributed by atoms with Crippen molar-refractivity contribution in [1.29, 1.82) is 0 Å². The molecule has 13 heavy (non-hydrogen) atoms. The first-order valence-electron chi connectivity index (χ1n) is 3.44. The molecule has 1 rings (SSSR count). The first-order valence-corrected chi connectivity index (χ1v) is 3.81. The molecule has 0 radical (unpaired) electrons. The quantitative estimate of drug-likeness (QED) is 0.329. The van der Waals surface area contributed by atoms with Crippen molar-refractivity contribution in [3.8, 4) is 0 Å². The van der Waals surface area contributed by atoms with Crippen LogP contribution in [-0.2, 0) is 4.28 Å². The molecule has 0 aliphatic carbocycles. The Morgan fingerprint density at radius 1 is 1.46 bits per heavy atom. The summed E-state index contributed by atoms with van der Waals surface area (Å²) < 4.78 is 4.14. The monoisotopic (exact) mass is 197 g/mol. The zero-order valence-corrected chi connectivity index (χ0v) is 7.45. The fourth-order valence-corrected chi connectivity index (χ4v) is 0.986. The molecule has 0 aliphatic rings. The topological polar surface area (TPSA) is 55.4 Å². The molecule has 0 unspecified atom stereocenters. The van der Waals surface area contributed by atoms with Gasteiger partial charge in [0.1, 0.15) is 0 Å². The lowest BCUT2D eigenvalue weighted by atomic mass is 10.1. The van der Waals surface area contributed by atoms with Crippen LogP contribution in [0.4, 0.5) is 0 Å². The number of thiol groups is 1. The first kappa shape index (κ1) is 9.76. The van der Waals surface area contributed by atoms with E-state index in [-0.39, 0.29) is 5.56 Å². The minimum atomic E-state index is -0.502. The maximum Gasteiger partial charge on any atom is 0.276 e. The van der Waals surface area contributed by atoms with Crippen LogP contribution < -0.4 is 5.48 Å². The molecule has 1 aromatic rings. The van der Waals surface area contributed by atoms with Gasteiger partial charge in [-0.3, -0.25) is 9.59 Å². The second kappa shape index (κ2) is 4.64. The third-order valence-corrected chi connectivity index (χ3v) is 1.56. The normalized spacial score (nSPS) is 9.31. The summed E-state index contributed by atoms with van der Waals surface area (Å²) in [6, 6.07) is 6.38. The van der Waals surface area contributed by atoms with Crippen LogP contribution in [0.5, 0.6) is 0 Å². The maximum atomic E-state index is 11.2. The predicted octanol–water partition coefficient (Wildman–Crippen LogP) is 1.01. The van der Waals surface area contributed by atoms with Gasteiger partial charge in [0.05, 0.1) is 5.56 Å². The van der Waals surface area contributed by atoms with Gasteiger partial charge in [-0.2, -0.15) is 0 Å². The Labute approximate surface area is 80.5 Å². The molecule has 0 heterocycles. The van der Waals surface area contributed by atoms with Crippen molar-refractivity contribution in [3.05, 3.63) is 35.4 Å². The molecule has 5 heteroatoms. The largest absolute Gasteiger partial charge is 0.298 e. The van der Waals surface area contributed by atoms with Gasteiger partial charge in [-0.25, -0.2) is 9.76 Å². The molecule has 0 aliphatic heterocycles. The number of benzene rings is 1. The number of amides is 1. The second-order valence-corrected chi connectivity index (χ2v) is 2.41. The summed E-state index contributed by atoms with van der Waals surface area (Å²) in [6.07, 6.45) is 0.605. The Bertz CT molecular complexity index is 327. The van der Waals surface area contributed by atoms with E-state index < -0.39 is 5.91 Å². The molecular weight excluding hydrogens is 190 g/mol. The van der Waals surface area contributed by atoms with E-state index in [4.69, 9.17) is 0 Å². The van der Waals surface area contributed by atoms with Crippen LogP contribution in [-0.4, -0.2) is 12.2 Å². The van der Waals surface area contributed by atoms with Gasteiger partial charge in [-0.1, -0.05) is 18.2 Å². The van der Waals surface area contributed by atoms with Crippen LogP contribution in [0, 0.1) is 0 Å². The summed E-state index contributed by atoms with van der Waals surface area (Å²) in [7, 11) is 0. The maximum absolute atomic E-state index is 11.2. The van der Waals surface area contributed by atoms with Crippen LogP contribution in [0.3, 0.4) is 0 Å². The molecule has 0 atom stereocenters. The van der Waals surface area contributed by atoms with Gasteiger partial charge in [0, 0.05) is 18.5 Å². The van der Waals surface area contributed by atoms with Gasteiger partial charge in [0.15, 0.2) is 6.29 Å². The number of aldehydes is 1. The molecular formula is C8H7NO3S. The highest BCUT2D eigenvalue weighted by molar-refractivity contribution is 7.75. The number of hydrogen-bond acceptors (Lipinski definition) is 4. The van der Waals surface area contributed by atoms with E-state index in [9.17, 15) is 9.59 Å². The van der Waals surface area contributed by atoms with Gasteiger partial charge in [0.25, 0.3) is 5.91 Å². The van der Waals surface area contributed by atoms with E-state index in [2.05, 4.69) is 17.2 Å². The third-order valence-electron chi connectivity index (χ3n) is 1.47. The van der Waals surface area contributed by atoms with Crippen LogP contribution in [0.25, 0.3) is 0 Å². The molecule has 0 saturated heterocycles. The molecule has 0 saturated carbocycles. The molecule has 1 N–H and O–H groups in total. The van der Waals surface area contributed by atoms with Gasteiger partial charge >= 0.3 is 0 Å². The predicted molar refractivity (Wildman–Crippen MR) is 49.4 cm³/mol. The number of carbonyl (C=O) groups is 2. The standard InChI is InChI=1S/C8H7NO3S/c10-5-6-3-1-2-4-7(6)8(11)9-12-13/h1-5,13H,(H,9,11). The summed E-state index contributed by atoms with van der Waals surface area (Å²) in [5.74, 6) is -0.502. The number of hydrogen-bond donors (Lipinski definition) is 2. The van der Waals surface area contributed by atoms with Crippen molar-refractivity contribution in [2.24, 2.45) is 0 Å². The van der Waals surface area contributed by atoms with Crippen LogP contribution in [0.15, 0.2) is 24.3 Å². The van der Waals surface area contributed by atoms with Gasteiger partial charge in [-0.05, 0) is 6.07 Å². The van der Waals surface area contributed by atoms with Crippen LogP contribution in [0.2, 0.25) is 0 Å². The fourth-order valence-electron chi connectivity index (χ4n) is 0.903. The summed E-state index contributed by atoms with van der Waals surface area (Å²) in [5, 5.41) is 0. The highest BCUT2D eigenvalue weighted by Crippen LogP contribution is 2.05. The molecule has 0 aromatic heterocycles. The molecule has 0 fully saturated rings. The Morgan fingerprint density at radius 2 is 2.15 bits per heavy atom. The molecule has 1 amide bonds. The number of nitrogens with one attached hydrogen (secondary N) is 1. The number of hydroxylamine groups is 1. The summed E-state index contributed by atoms with van der Waals surface area (Å²) >= 11 is 3.35. The average Bonchev–Trinajstić information content (AvgIpc) is 2.18. The lowest BCUT2D eigenvalue weighted by molar-refractivity contribution is 0.0799. The Hall–Kier alpha value is -1.33. The molecule has 0 bridgehead atoms. The van der Waals surface area contributed by atoms with Crippen molar-refractivity contribution in [1.82, 2.24) is 5.48 Å². The van der Waals surface area contributed by atoms with Crippen molar-refractivity contribution >= 4 is 25.1 Å². The number of carbonyl (C=O) groups excluding carboxylic acids is 2. The SMILES string of the molecule is O=Cc1ccccc1C(=O)NOS. The van der Waals surface area contributed by atoms with Crippen molar-refractivity contribution in [2.45, 2.75) is 0 Å². The van der Waals surface area contributed by atoms with Crippen molar-refractivity contribution < 1.29 is 13.9 Å². The lowest BCUT2D eigenvalue weighted by Gasteiger charge is -2.02. The zero-order chi connectivity index (χ0) is 9.68. The average molecular weight is 197 g/mol. The Kier molecular flexibility index (Phi) is 3.48. The fraction of sp³-hybridized carbons (Fsp3) is 0. The Balaban J connectivity index is 2.98. The summed E-state index contributed by atoms with van der Waals surface area (Å²) in [5.41, 5.74) is 2.57. The van der Waals surface area contributed by atoms with Gasteiger partial charge < -0.3 is 0 Å². The van der Waals surface area contributed by atoms with E-state index in [1.807, 2.05) is 5.48 Å². The van der Waals surface area contributed by atoms with Crippen LogP contribution in [0.1, 0.15) is 20.7 Å². The van der Waals surface area contributed by atoms with Crippen molar-refractivity contribution in [3.63, 3.8) is 0 Å². The number of rotatable bonds is 3. The molecule has 1 aromatic carbocycles. The molecule has 4 nitrogen and oxygen atoms in total. The van der Waals surface area contributed by atoms with Gasteiger partial charge in [0.2, 0.25) is 0 Å². The summed E-state index contributed by atoms with van der Waals surface area (Å²) in [6.45, 7) is 0. The first-order chi connectivity index (χ1) is 6.29. The van der Waals surface area contributed by atoms with E-state index in [0.717, 1.165) is 0 Å². The van der Waals surface area contributed by atoms with E-state index in [1.54, 1.807) is 18.2 Å². The highest BCUT2D eigenvalue weighted by Gasteiger charge is 2.08. The molecule has 68 valence electrons.